The third-order valence-corrected chi connectivity index (χ3v) is 3.06. The minimum Gasteiger partial charge on any atom is -0.381 e. The van der Waals surface area contributed by atoms with Gasteiger partial charge in [0.2, 0.25) is 0 Å². The van der Waals surface area contributed by atoms with Crippen molar-refractivity contribution in [3.8, 4) is 0 Å². The molecule has 0 radical (unpaired) electrons. The summed E-state index contributed by atoms with van der Waals surface area (Å²) in [4.78, 5) is 0. The first-order valence-electron chi connectivity index (χ1n) is 4.98. The van der Waals surface area contributed by atoms with Crippen LogP contribution in [0.3, 0.4) is 0 Å². The second-order valence-corrected chi connectivity index (χ2v) is 4.31. The number of halogens is 2. The van der Waals surface area contributed by atoms with Crippen molar-refractivity contribution in [2.45, 2.75) is 6.54 Å². The Bertz CT molecular complexity index is 468. The predicted octanol–water partition coefficient (Wildman–Crippen LogP) is 4.20. The Kier molecular flexibility index (Phi) is 3.57. The minimum absolute atomic E-state index is 0.216. The molecule has 82 valence electrons. The van der Waals surface area contributed by atoms with Crippen LogP contribution in [0.5, 0.6) is 0 Å². The lowest BCUT2D eigenvalue weighted by molar-refractivity contribution is 0.628. The molecule has 2 rings (SSSR count). The van der Waals surface area contributed by atoms with Crippen molar-refractivity contribution in [2.24, 2.45) is 0 Å². The average molecular weight is 280 g/mol. The number of hydrogen-bond acceptors (Lipinski definition) is 1. The lowest BCUT2D eigenvalue weighted by Crippen LogP contribution is -1.99. The van der Waals surface area contributed by atoms with Crippen LogP contribution in [0.1, 0.15) is 5.56 Å². The minimum atomic E-state index is -0.216. The molecule has 0 aliphatic carbocycles. The fraction of sp³-hybridized carbons (Fsp3) is 0.0769. The zero-order chi connectivity index (χ0) is 11.4. The quantitative estimate of drug-likeness (QED) is 0.888. The monoisotopic (exact) mass is 279 g/mol. The van der Waals surface area contributed by atoms with E-state index in [2.05, 4.69) is 21.2 Å². The van der Waals surface area contributed by atoms with Gasteiger partial charge in [0.25, 0.3) is 0 Å². The van der Waals surface area contributed by atoms with E-state index in [9.17, 15) is 4.39 Å². The molecule has 1 N–H and O–H groups in total. The van der Waals surface area contributed by atoms with Gasteiger partial charge in [0.15, 0.2) is 0 Å². The number of hydrogen-bond donors (Lipinski definition) is 1. The van der Waals surface area contributed by atoms with Crippen LogP contribution in [0, 0.1) is 5.82 Å². The molecule has 2 aromatic carbocycles. The van der Waals surface area contributed by atoms with Crippen molar-refractivity contribution in [3.05, 3.63) is 64.4 Å². The van der Waals surface area contributed by atoms with E-state index in [0.717, 1.165) is 10.2 Å². The molecule has 0 aliphatic heterocycles. The molecule has 0 heterocycles. The van der Waals surface area contributed by atoms with Crippen molar-refractivity contribution < 1.29 is 4.39 Å². The van der Waals surface area contributed by atoms with E-state index in [4.69, 9.17) is 0 Å². The van der Waals surface area contributed by atoms with Gasteiger partial charge in [0.05, 0.1) is 0 Å². The van der Waals surface area contributed by atoms with Crippen LogP contribution in [-0.2, 0) is 6.54 Å². The average Bonchev–Trinajstić information content (AvgIpc) is 2.30. The highest BCUT2D eigenvalue weighted by atomic mass is 79.9. The molecule has 16 heavy (non-hydrogen) atoms. The highest BCUT2D eigenvalue weighted by Gasteiger charge is 1.98. The summed E-state index contributed by atoms with van der Waals surface area (Å²) in [5.41, 5.74) is 2.09. The molecule has 1 nitrogen and oxygen atoms in total. The van der Waals surface area contributed by atoms with Crippen molar-refractivity contribution in [3.63, 3.8) is 0 Å². The number of anilines is 1. The summed E-state index contributed by atoms with van der Waals surface area (Å²) in [6.45, 7) is 0.715. The fourth-order valence-electron chi connectivity index (χ4n) is 1.41. The zero-order valence-corrected chi connectivity index (χ0v) is 10.2. The van der Waals surface area contributed by atoms with E-state index < -0.39 is 0 Å². The van der Waals surface area contributed by atoms with Crippen molar-refractivity contribution in [2.75, 3.05) is 5.32 Å². The zero-order valence-electron chi connectivity index (χ0n) is 8.58. The molecular formula is C13H11BrFN. The molecule has 2 aromatic rings. The largest absolute Gasteiger partial charge is 0.381 e. The van der Waals surface area contributed by atoms with Gasteiger partial charge in [-0.15, -0.1) is 0 Å². The molecule has 0 bridgehead atoms. The standard InChI is InChI=1S/C13H11BrFN/c14-13-4-2-1-3-10(13)9-16-12-7-5-11(15)6-8-12/h1-8,16H,9H2. The Labute approximate surface area is 102 Å². The van der Waals surface area contributed by atoms with Crippen LogP contribution in [0.15, 0.2) is 53.0 Å². The molecule has 0 amide bonds. The third kappa shape index (κ3) is 2.83. The van der Waals surface area contributed by atoms with Gasteiger partial charge >= 0.3 is 0 Å². The SMILES string of the molecule is Fc1ccc(NCc2ccccc2Br)cc1. The fourth-order valence-corrected chi connectivity index (χ4v) is 1.83. The van der Waals surface area contributed by atoms with Crippen molar-refractivity contribution in [1.29, 1.82) is 0 Å². The molecule has 0 spiro atoms. The molecule has 0 saturated carbocycles. The van der Waals surface area contributed by atoms with Gasteiger partial charge in [-0.3, -0.25) is 0 Å². The lowest BCUT2D eigenvalue weighted by atomic mass is 10.2. The van der Waals surface area contributed by atoms with Crippen molar-refractivity contribution in [1.82, 2.24) is 0 Å². The van der Waals surface area contributed by atoms with E-state index in [1.807, 2.05) is 24.3 Å². The van der Waals surface area contributed by atoms with E-state index in [1.165, 1.54) is 17.7 Å². The van der Waals surface area contributed by atoms with Crippen LogP contribution >= 0.6 is 15.9 Å². The van der Waals surface area contributed by atoms with Gasteiger partial charge in [-0.05, 0) is 35.9 Å². The maximum atomic E-state index is 12.7. The summed E-state index contributed by atoms with van der Waals surface area (Å²) in [6.07, 6.45) is 0. The van der Waals surface area contributed by atoms with E-state index >= 15 is 0 Å². The van der Waals surface area contributed by atoms with Crippen LogP contribution in [0.2, 0.25) is 0 Å². The molecule has 0 saturated heterocycles. The Morgan fingerprint density at radius 1 is 1.00 bits per heavy atom. The maximum absolute atomic E-state index is 12.7. The van der Waals surface area contributed by atoms with Crippen LogP contribution in [0.25, 0.3) is 0 Å². The van der Waals surface area contributed by atoms with E-state index in [0.29, 0.717) is 6.54 Å². The first-order valence-corrected chi connectivity index (χ1v) is 5.78. The third-order valence-electron chi connectivity index (χ3n) is 2.29. The summed E-state index contributed by atoms with van der Waals surface area (Å²) in [7, 11) is 0. The molecule has 0 aromatic heterocycles. The molecule has 3 heteroatoms. The first kappa shape index (κ1) is 11.1. The highest BCUT2D eigenvalue weighted by Crippen LogP contribution is 2.17. The number of nitrogens with one attached hydrogen (secondary N) is 1. The summed E-state index contributed by atoms with van der Waals surface area (Å²) < 4.78 is 13.8. The first-order chi connectivity index (χ1) is 7.75. The Balaban J connectivity index is 2.02. The molecule has 0 aliphatic rings. The maximum Gasteiger partial charge on any atom is 0.123 e. The van der Waals surface area contributed by atoms with Crippen LogP contribution in [0.4, 0.5) is 10.1 Å². The Morgan fingerprint density at radius 3 is 2.38 bits per heavy atom. The van der Waals surface area contributed by atoms with Crippen molar-refractivity contribution >= 4 is 21.6 Å². The van der Waals surface area contributed by atoms with Gasteiger partial charge in [0.1, 0.15) is 5.82 Å². The molecular weight excluding hydrogens is 269 g/mol. The van der Waals surface area contributed by atoms with Crippen LogP contribution < -0.4 is 5.32 Å². The van der Waals surface area contributed by atoms with Crippen LogP contribution in [-0.4, -0.2) is 0 Å². The van der Waals surface area contributed by atoms with E-state index in [1.54, 1.807) is 12.1 Å². The normalized spacial score (nSPS) is 10.1. The van der Waals surface area contributed by atoms with E-state index in [-0.39, 0.29) is 5.82 Å². The molecule has 0 atom stereocenters. The van der Waals surface area contributed by atoms with Gasteiger partial charge in [0, 0.05) is 16.7 Å². The van der Waals surface area contributed by atoms with Gasteiger partial charge in [-0.2, -0.15) is 0 Å². The summed E-state index contributed by atoms with van der Waals surface area (Å²) in [5, 5.41) is 3.23. The van der Waals surface area contributed by atoms with Gasteiger partial charge < -0.3 is 5.32 Å². The highest BCUT2D eigenvalue weighted by molar-refractivity contribution is 9.10. The Morgan fingerprint density at radius 2 is 1.69 bits per heavy atom. The predicted molar refractivity (Wildman–Crippen MR) is 67.9 cm³/mol. The molecule has 0 fully saturated rings. The smallest absolute Gasteiger partial charge is 0.123 e. The van der Waals surface area contributed by atoms with Gasteiger partial charge in [-0.1, -0.05) is 34.1 Å². The summed E-state index contributed by atoms with van der Waals surface area (Å²) in [5.74, 6) is -0.216. The second-order valence-electron chi connectivity index (χ2n) is 3.45. The summed E-state index contributed by atoms with van der Waals surface area (Å²) >= 11 is 3.48. The Hall–Kier alpha value is -1.35. The van der Waals surface area contributed by atoms with Gasteiger partial charge in [-0.25, -0.2) is 4.39 Å². The lowest BCUT2D eigenvalue weighted by Gasteiger charge is -2.07. The second kappa shape index (κ2) is 5.12. The number of rotatable bonds is 3. The summed E-state index contributed by atoms with van der Waals surface area (Å²) in [6, 6.07) is 14.4. The topological polar surface area (TPSA) is 12.0 Å². The molecule has 0 unspecified atom stereocenters. The number of benzene rings is 2.